The number of hydrogen-bond donors (Lipinski definition) is 1. The molecule has 0 aliphatic rings. The molecule has 0 aliphatic carbocycles. The summed E-state index contributed by atoms with van der Waals surface area (Å²) in [5, 5.41) is 8.30. The van der Waals surface area contributed by atoms with Gasteiger partial charge in [0.15, 0.2) is 0 Å². The second-order valence-electron chi connectivity index (χ2n) is 2.85. The van der Waals surface area contributed by atoms with Gasteiger partial charge >= 0.3 is 5.97 Å². The number of carboxylic acid groups (broad SMARTS) is 1. The highest BCUT2D eigenvalue weighted by Crippen LogP contribution is 2.31. The molecule has 2 nitrogen and oxygen atoms in total. The van der Waals surface area contributed by atoms with Gasteiger partial charge in [0.25, 0.3) is 0 Å². The van der Waals surface area contributed by atoms with Crippen LogP contribution in [-0.4, -0.2) is 11.1 Å². The van der Waals surface area contributed by atoms with Gasteiger partial charge in [-0.05, 0) is 25.5 Å². The minimum atomic E-state index is -0.793. The smallest absolute Gasteiger partial charge is 0.303 e. The molecule has 0 aromatic carbocycles. The van der Waals surface area contributed by atoms with E-state index in [4.69, 9.17) is 16.7 Å². The third-order valence-corrected chi connectivity index (χ3v) is 3.38. The lowest BCUT2D eigenvalue weighted by atomic mass is 10.2. The molecule has 0 radical (unpaired) electrons. The van der Waals surface area contributed by atoms with Crippen molar-refractivity contribution in [2.45, 2.75) is 25.1 Å². The first-order valence-corrected chi connectivity index (χ1v) is 5.27. The molecule has 1 rings (SSSR count). The molecule has 0 aliphatic heterocycles. The van der Waals surface area contributed by atoms with Gasteiger partial charge in [-0.3, -0.25) is 4.79 Å². The topological polar surface area (TPSA) is 37.3 Å². The predicted octanol–water partition coefficient (Wildman–Crippen LogP) is 3.20. The Bertz CT molecular complexity index is 296. The maximum absolute atomic E-state index is 10.3. The van der Waals surface area contributed by atoms with E-state index in [2.05, 4.69) is 0 Å². The molecular formula is C9H11ClO2S. The molecule has 1 unspecified atom stereocenters. The van der Waals surface area contributed by atoms with E-state index in [1.54, 1.807) is 11.3 Å². The molecule has 13 heavy (non-hydrogen) atoms. The van der Waals surface area contributed by atoms with Crippen LogP contribution in [0.15, 0.2) is 12.1 Å². The summed E-state index contributed by atoms with van der Waals surface area (Å²) in [4.78, 5) is 12.5. The van der Waals surface area contributed by atoms with Gasteiger partial charge in [0, 0.05) is 16.2 Å². The Morgan fingerprint density at radius 3 is 2.85 bits per heavy atom. The number of aryl methyl sites for hydroxylation is 1. The van der Waals surface area contributed by atoms with Gasteiger partial charge in [-0.15, -0.1) is 22.9 Å². The van der Waals surface area contributed by atoms with Crippen molar-refractivity contribution in [3.63, 3.8) is 0 Å². The van der Waals surface area contributed by atoms with Crippen molar-refractivity contribution in [2.75, 3.05) is 0 Å². The Balaban J connectivity index is 2.48. The van der Waals surface area contributed by atoms with Gasteiger partial charge in [0.05, 0.1) is 5.38 Å². The van der Waals surface area contributed by atoms with Crippen LogP contribution >= 0.6 is 22.9 Å². The number of alkyl halides is 1. The van der Waals surface area contributed by atoms with Crippen LogP contribution in [0.3, 0.4) is 0 Å². The summed E-state index contributed by atoms with van der Waals surface area (Å²) in [6.45, 7) is 2.01. The zero-order valence-corrected chi connectivity index (χ0v) is 8.86. The van der Waals surface area contributed by atoms with Crippen molar-refractivity contribution in [3.8, 4) is 0 Å². The van der Waals surface area contributed by atoms with Crippen LogP contribution < -0.4 is 0 Å². The molecule has 0 spiro atoms. The van der Waals surface area contributed by atoms with Crippen LogP contribution in [0.4, 0.5) is 0 Å². The third-order valence-electron chi connectivity index (χ3n) is 1.68. The average molecular weight is 219 g/mol. The Labute approximate surface area is 86.2 Å². The Morgan fingerprint density at radius 2 is 2.38 bits per heavy atom. The summed E-state index contributed by atoms with van der Waals surface area (Å²) >= 11 is 7.63. The summed E-state index contributed by atoms with van der Waals surface area (Å²) < 4.78 is 0. The van der Waals surface area contributed by atoms with Gasteiger partial charge in [0.2, 0.25) is 0 Å². The second-order valence-corrected chi connectivity index (χ2v) is 4.69. The first-order valence-electron chi connectivity index (χ1n) is 4.02. The van der Waals surface area contributed by atoms with Crippen molar-refractivity contribution >= 4 is 28.9 Å². The molecule has 1 aromatic rings. The molecule has 4 heteroatoms. The van der Waals surface area contributed by atoms with Crippen molar-refractivity contribution in [2.24, 2.45) is 0 Å². The maximum atomic E-state index is 10.3. The molecule has 0 saturated carbocycles. The molecule has 0 bridgehead atoms. The minimum Gasteiger partial charge on any atom is -0.481 e. The molecular weight excluding hydrogens is 208 g/mol. The van der Waals surface area contributed by atoms with E-state index >= 15 is 0 Å². The summed E-state index contributed by atoms with van der Waals surface area (Å²) in [5.41, 5.74) is 0. The first kappa shape index (κ1) is 10.5. The van der Waals surface area contributed by atoms with E-state index in [0.717, 1.165) is 4.88 Å². The van der Waals surface area contributed by atoms with Gasteiger partial charge in [-0.2, -0.15) is 0 Å². The zero-order valence-electron chi connectivity index (χ0n) is 7.29. The highest BCUT2D eigenvalue weighted by Gasteiger charge is 2.11. The fourth-order valence-electron chi connectivity index (χ4n) is 1.01. The van der Waals surface area contributed by atoms with Crippen LogP contribution in [0.1, 0.15) is 28.0 Å². The van der Waals surface area contributed by atoms with E-state index in [9.17, 15) is 4.79 Å². The maximum Gasteiger partial charge on any atom is 0.303 e. The molecule has 1 heterocycles. The van der Waals surface area contributed by atoms with Crippen LogP contribution in [0, 0.1) is 6.92 Å². The van der Waals surface area contributed by atoms with Gasteiger partial charge in [0.1, 0.15) is 0 Å². The fourth-order valence-corrected chi connectivity index (χ4v) is 2.22. The Kier molecular flexibility index (Phi) is 3.75. The van der Waals surface area contributed by atoms with Crippen molar-refractivity contribution in [1.29, 1.82) is 0 Å². The molecule has 1 atom stereocenters. The van der Waals surface area contributed by atoms with Crippen LogP contribution in [0.25, 0.3) is 0 Å². The van der Waals surface area contributed by atoms with Gasteiger partial charge in [-0.1, -0.05) is 0 Å². The summed E-state index contributed by atoms with van der Waals surface area (Å²) in [5.74, 6) is -0.793. The first-order chi connectivity index (χ1) is 6.09. The van der Waals surface area contributed by atoms with E-state index in [0.29, 0.717) is 6.42 Å². The number of thiophene rings is 1. The minimum absolute atomic E-state index is 0.130. The predicted molar refractivity (Wildman–Crippen MR) is 54.5 cm³/mol. The van der Waals surface area contributed by atoms with E-state index in [1.807, 2.05) is 19.1 Å². The number of halogens is 1. The summed E-state index contributed by atoms with van der Waals surface area (Å²) in [7, 11) is 0. The highest BCUT2D eigenvalue weighted by molar-refractivity contribution is 7.12. The number of carbonyl (C=O) groups is 1. The molecule has 1 aromatic heterocycles. The second kappa shape index (κ2) is 4.63. The van der Waals surface area contributed by atoms with Gasteiger partial charge in [-0.25, -0.2) is 0 Å². The van der Waals surface area contributed by atoms with Crippen LogP contribution in [-0.2, 0) is 4.79 Å². The van der Waals surface area contributed by atoms with Crippen molar-refractivity contribution in [3.05, 3.63) is 21.9 Å². The normalized spacial score (nSPS) is 12.8. The number of aliphatic carboxylic acids is 1. The quantitative estimate of drug-likeness (QED) is 0.789. The van der Waals surface area contributed by atoms with Crippen molar-refractivity contribution in [1.82, 2.24) is 0 Å². The lowest BCUT2D eigenvalue weighted by Crippen LogP contribution is -1.96. The van der Waals surface area contributed by atoms with E-state index < -0.39 is 5.97 Å². The van der Waals surface area contributed by atoms with Gasteiger partial charge < -0.3 is 5.11 Å². The van der Waals surface area contributed by atoms with Crippen LogP contribution in [0.5, 0.6) is 0 Å². The Morgan fingerprint density at radius 1 is 1.69 bits per heavy atom. The molecule has 0 saturated heterocycles. The SMILES string of the molecule is Cc1ccc(C(Cl)CCC(=O)O)s1. The average Bonchev–Trinajstić information content (AvgIpc) is 2.47. The third kappa shape index (κ3) is 3.36. The molecule has 0 fully saturated rings. The van der Waals surface area contributed by atoms with Crippen molar-refractivity contribution < 1.29 is 9.90 Å². The lowest BCUT2D eigenvalue weighted by Gasteiger charge is -2.03. The molecule has 1 N–H and O–H groups in total. The summed E-state index contributed by atoms with van der Waals surface area (Å²) in [6.07, 6.45) is 0.627. The standard InChI is InChI=1S/C9H11ClO2S/c1-6-2-4-8(13-6)7(10)3-5-9(11)12/h2,4,7H,3,5H2,1H3,(H,11,12). The fraction of sp³-hybridized carbons (Fsp3) is 0.444. The Hall–Kier alpha value is -0.540. The van der Waals surface area contributed by atoms with E-state index in [1.165, 1.54) is 4.88 Å². The largest absolute Gasteiger partial charge is 0.481 e. The zero-order chi connectivity index (χ0) is 9.84. The van der Waals surface area contributed by atoms with E-state index in [-0.39, 0.29) is 11.8 Å². The lowest BCUT2D eigenvalue weighted by molar-refractivity contribution is -0.137. The molecule has 72 valence electrons. The number of carboxylic acids is 1. The molecule has 0 amide bonds. The van der Waals surface area contributed by atoms with Crippen LogP contribution in [0.2, 0.25) is 0 Å². The number of rotatable bonds is 4. The summed E-state index contributed by atoms with van der Waals surface area (Å²) in [6, 6.07) is 3.95. The monoisotopic (exact) mass is 218 g/mol. The highest BCUT2D eigenvalue weighted by atomic mass is 35.5. The number of hydrogen-bond acceptors (Lipinski definition) is 2.